The summed E-state index contributed by atoms with van der Waals surface area (Å²) in [6.45, 7) is 8.16. The number of carbonyl (C=O) groups is 1. The number of hydrogen-bond acceptors (Lipinski definition) is 7. The maximum absolute atomic E-state index is 11.3. The molecule has 1 amide bonds. The smallest absolute Gasteiger partial charge is 0.247 e. The third-order valence-electron chi connectivity index (χ3n) is 6.84. The molecule has 0 aliphatic carbocycles. The van der Waals surface area contributed by atoms with Crippen LogP contribution in [0.1, 0.15) is 44.6 Å². The molecular weight excluding hydrogens is 470 g/mol. The SMILES string of the molecule is COc1ccc(-c2[nH]c3ccc(-c4nnc(CN5CCC(NC(C)=O)C5)o4)cc3c2C(C)C)cc1OC. The van der Waals surface area contributed by atoms with Crippen molar-refractivity contribution in [3.63, 3.8) is 0 Å². The highest BCUT2D eigenvalue weighted by molar-refractivity contribution is 5.94. The molecule has 1 atom stereocenters. The molecule has 9 nitrogen and oxygen atoms in total. The van der Waals surface area contributed by atoms with Gasteiger partial charge < -0.3 is 24.2 Å². The van der Waals surface area contributed by atoms with Gasteiger partial charge in [0, 0.05) is 48.1 Å². The molecule has 1 aliphatic heterocycles. The van der Waals surface area contributed by atoms with E-state index in [0.29, 0.717) is 29.8 Å². The number of ether oxygens (including phenoxy) is 2. The minimum Gasteiger partial charge on any atom is -0.493 e. The lowest BCUT2D eigenvalue weighted by molar-refractivity contribution is -0.119. The monoisotopic (exact) mass is 503 g/mol. The summed E-state index contributed by atoms with van der Waals surface area (Å²) in [5.74, 6) is 2.73. The first kappa shape index (κ1) is 24.8. The maximum atomic E-state index is 11.3. The molecule has 0 radical (unpaired) electrons. The third kappa shape index (κ3) is 5.04. The molecule has 0 bridgehead atoms. The highest BCUT2D eigenvalue weighted by Crippen LogP contribution is 2.40. The van der Waals surface area contributed by atoms with Gasteiger partial charge >= 0.3 is 0 Å². The van der Waals surface area contributed by atoms with Gasteiger partial charge in [0.15, 0.2) is 11.5 Å². The summed E-state index contributed by atoms with van der Waals surface area (Å²) < 4.78 is 17.0. The molecule has 2 aromatic carbocycles. The summed E-state index contributed by atoms with van der Waals surface area (Å²) in [4.78, 5) is 17.2. The number of amides is 1. The summed E-state index contributed by atoms with van der Waals surface area (Å²) >= 11 is 0. The third-order valence-corrected chi connectivity index (χ3v) is 6.84. The number of fused-ring (bicyclic) bond motifs is 1. The maximum Gasteiger partial charge on any atom is 0.247 e. The second-order valence-electron chi connectivity index (χ2n) is 9.82. The lowest BCUT2D eigenvalue weighted by atomic mass is 9.95. The Morgan fingerprint density at radius 1 is 1.14 bits per heavy atom. The van der Waals surface area contributed by atoms with Gasteiger partial charge in [-0.1, -0.05) is 13.8 Å². The molecule has 1 unspecified atom stereocenters. The lowest BCUT2D eigenvalue weighted by Gasteiger charge is -2.13. The van der Waals surface area contributed by atoms with E-state index in [-0.39, 0.29) is 17.9 Å². The van der Waals surface area contributed by atoms with E-state index in [1.165, 1.54) is 5.56 Å². The van der Waals surface area contributed by atoms with Crippen LogP contribution in [0.2, 0.25) is 0 Å². The fourth-order valence-corrected chi connectivity index (χ4v) is 5.17. The summed E-state index contributed by atoms with van der Waals surface area (Å²) in [6.07, 6.45) is 0.922. The van der Waals surface area contributed by atoms with Gasteiger partial charge in [0.05, 0.1) is 26.5 Å². The average Bonchev–Trinajstić information content (AvgIpc) is 3.61. The van der Waals surface area contributed by atoms with Crippen molar-refractivity contribution in [2.24, 2.45) is 0 Å². The Morgan fingerprint density at radius 2 is 1.92 bits per heavy atom. The number of aromatic amines is 1. The van der Waals surface area contributed by atoms with Crippen LogP contribution in [-0.2, 0) is 11.3 Å². The van der Waals surface area contributed by atoms with Gasteiger partial charge in [-0.2, -0.15) is 0 Å². The van der Waals surface area contributed by atoms with E-state index in [2.05, 4.69) is 51.4 Å². The first-order chi connectivity index (χ1) is 17.9. The molecule has 9 heteroatoms. The number of carbonyl (C=O) groups excluding carboxylic acids is 1. The first-order valence-electron chi connectivity index (χ1n) is 12.6. The first-order valence-corrected chi connectivity index (χ1v) is 12.6. The quantitative estimate of drug-likeness (QED) is 0.358. The summed E-state index contributed by atoms with van der Waals surface area (Å²) in [7, 11) is 3.28. The van der Waals surface area contributed by atoms with Crippen LogP contribution >= 0.6 is 0 Å². The molecular formula is C28H33N5O4. The van der Waals surface area contributed by atoms with E-state index >= 15 is 0 Å². The number of nitrogens with one attached hydrogen (secondary N) is 2. The Balaban J connectivity index is 1.43. The summed E-state index contributed by atoms with van der Waals surface area (Å²) in [5.41, 5.74) is 5.21. The van der Waals surface area contributed by atoms with Crippen LogP contribution in [0, 0.1) is 0 Å². The minimum atomic E-state index is 0.00197. The van der Waals surface area contributed by atoms with E-state index in [1.807, 2.05) is 24.3 Å². The van der Waals surface area contributed by atoms with Gasteiger partial charge in [-0.05, 0) is 54.3 Å². The Labute approximate surface area is 216 Å². The second kappa shape index (κ2) is 10.3. The van der Waals surface area contributed by atoms with Crippen molar-refractivity contribution >= 4 is 16.8 Å². The molecule has 2 aromatic heterocycles. The standard InChI is InChI=1S/C28H33N5O4/c1-16(2)26-21-12-19(28-32-31-25(37-28)15-33-11-10-20(14-33)29-17(3)34)6-8-22(21)30-27(26)18-7-9-23(35-4)24(13-18)36-5/h6-9,12-13,16,20,30H,10-11,14-15H2,1-5H3,(H,29,34). The number of rotatable bonds is 8. The zero-order valence-corrected chi connectivity index (χ0v) is 21.9. The largest absolute Gasteiger partial charge is 0.493 e. The lowest BCUT2D eigenvalue weighted by Crippen LogP contribution is -2.35. The Morgan fingerprint density at radius 3 is 2.65 bits per heavy atom. The molecule has 4 aromatic rings. The van der Waals surface area contributed by atoms with Crippen molar-refractivity contribution in [2.45, 2.75) is 45.7 Å². The number of methoxy groups -OCH3 is 2. The zero-order valence-electron chi connectivity index (χ0n) is 21.9. The molecule has 5 rings (SSSR count). The van der Waals surface area contributed by atoms with E-state index in [1.54, 1.807) is 21.1 Å². The molecule has 2 N–H and O–H groups in total. The topological polar surface area (TPSA) is 106 Å². The number of hydrogen-bond donors (Lipinski definition) is 2. The average molecular weight is 504 g/mol. The number of benzene rings is 2. The Bertz CT molecular complexity index is 1420. The predicted octanol–water partition coefficient (Wildman–Crippen LogP) is 4.74. The summed E-state index contributed by atoms with van der Waals surface area (Å²) in [6, 6.07) is 12.3. The minimum absolute atomic E-state index is 0.00197. The molecule has 1 saturated heterocycles. The van der Waals surface area contributed by atoms with Gasteiger partial charge in [-0.25, -0.2) is 0 Å². The van der Waals surface area contributed by atoms with Crippen molar-refractivity contribution in [1.82, 2.24) is 25.4 Å². The van der Waals surface area contributed by atoms with Gasteiger partial charge in [-0.3, -0.25) is 9.69 Å². The molecule has 194 valence electrons. The van der Waals surface area contributed by atoms with E-state index < -0.39 is 0 Å². The predicted molar refractivity (Wildman–Crippen MR) is 142 cm³/mol. The van der Waals surface area contributed by atoms with Crippen molar-refractivity contribution in [2.75, 3.05) is 27.3 Å². The van der Waals surface area contributed by atoms with Gasteiger partial charge in [0.2, 0.25) is 17.7 Å². The highest BCUT2D eigenvalue weighted by atomic mass is 16.5. The zero-order chi connectivity index (χ0) is 26.1. The molecule has 37 heavy (non-hydrogen) atoms. The van der Waals surface area contributed by atoms with Crippen LogP contribution < -0.4 is 14.8 Å². The number of aromatic nitrogens is 3. The number of nitrogens with zero attached hydrogens (tertiary/aromatic N) is 3. The van der Waals surface area contributed by atoms with Gasteiger partial charge in [0.1, 0.15) is 0 Å². The van der Waals surface area contributed by atoms with Crippen LogP contribution in [0.5, 0.6) is 11.5 Å². The fraction of sp³-hybridized carbons (Fsp3) is 0.393. The molecule has 3 heterocycles. The van der Waals surface area contributed by atoms with Crippen LogP contribution in [0.4, 0.5) is 0 Å². The van der Waals surface area contributed by atoms with Crippen molar-refractivity contribution in [3.8, 4) is 34.2 Å². The van der Waals surface area contributed by atoms with Gasteiger partial charge in [-0.15, -0.1) is 10.2 Å². The van der Waals surface area contributed by atoms with Crippen LogP contribution in [0.15, 0.2) is 40.8 Å². The number of likely N-dealkylation sites (tertiary alicyclic amines) is 1. The van der Waals surface area contributed by atoms with E-state index in [9.17, 15) is 4.79 Å². The fourth-order valence-electron chi connectivity index (χ4n) is 5.17. The Hall–Kier alpha value is -3.85. The van der Waals surface area contributed by atoms with E-state index in [0.717, 1.165) is 47.2 Å². The molecule has 1 fully saturated rings. The number of H-pyrrole nitrogens is 1. The van der Waals surface area contributed by atoms with Crippen molar-refractivity contribution < 1.29 is 18.7 Å². The Kier molecular flexibility index (Phi) is 6.88. The summed E-state index contributed by atoms with van der Waals surface area (Å²) in [5, 5.41) is 12.7. The van der Waals surface area contributed by atoms with Crippen molar-refractivity contribution in [1.29, 1.82) is 0 Å². The van der Waals surface area contributed by atoms with Crippen molar-refractivity contribution in [3.05, 3.63) is 47.9 Å². The van der Waals surface area contributed by atoms with Crippen LogP contribution in [-0.4, -0.2) is 59.3 Å². The normalized spacial score (nSPS) is 16.0. The molecule has 0 spiro atoms. The van der Waals surface area contributed by atoms with E-state index in [4.69, 9.17) is 13.9 Å². The molecule has 0 saturated carbocycles. The van der Waals surface area contributed by atoms with Gasteiger partial charge in [0.25, 0.3) is 0 Å². The second-order valence-corrected chi connectivity index (χ2v) is 9.82. The highest BCUT2D eigenvalue weighted by Gasteiger charge is 2.25. The van der Waals surface area contributed by atoms with Crippen LogP contribution in [0.25, 0.3) is 33.6 Å². The van der Waals surface area contributed by atoms with Crippen LogP contribution in [0.3, 0.4) is 0 Å². The molecule has 1 aliphatic rings.